The van der Waals surface area contributed by atoms with E-state index in [0.29, 0.717) is 41.1 Å². The number of pyridine rings is 1. The number of hydrogen-bond acceptors (Lipinski definition) is 4. The van der Waals surface area contributed by atoms with E-state index in [1.807, 2.05) is 45.0 Å². The number of nitrogens with zero attached hydrogens (tertiary/aromatic N) is 3. The summed E-state index contributed by atoms with van der Waals surface area (Å²) in [5.74, 6) is 0.486. The highest BCUT2D eigenvalue weighted by Gasteiger charge is 2.36. The van der Waals surface area contributed by atoms with Gasteiger partial charge in [0.2, 0.25) is 0 Å². The number of aryl methyl sites for hydroxylation is 1. The lowest BCUT2D eigenvalue weighted by Gasteiger charge is -2.36. The number of anilines is 1. The summed E-state index contributed by atoms with van der Waals surface area (Å²) in [6, 6.07) is 18.1. The molecular weight excluding hydrogens is 474 g/mol. The fourth-order valence-electron chi connectivity index (χ4n) is 5.87. The van der Waals surface area contributed by atoms with Crippen molar-refractivity contribution in [2.45, 2.75) is 65.0 Å². The number of piperidine rings is 1. The van der Waals surface area contributed by atoms with Crippen LogP contribution in [0.4, 0.5) is 10.5 Å². The van der Waals surface area contributed by atoms with Gasteiger partial charge in [0.25, 0.3) is 0 Å². The molecule has 2 aliphatic rings. The largest absolute Gasteiger partial charge is 0.465 e. The van der Waals surface area contributed by atoms with Crippen LogP contribution in [-0.2, 0) is 13.0 Å². The lowest BCUT2D eigenvalue weighted by Crippen LogP contribution is -2.46. The number of allylic oxidation sites excluding steroid dienone is 2. The number of para-hydroxylation sites is 1. The molecule has 38 heavy (non-hydrogen) atoms. The van der Waals surface area contributed by atoms with Crippen molar-refractivity contribution in [2.75, 3.05) is 18.0 Å². The highest BCUT2D eigenvalue weighted by atomic mass is 16.4. The summed E-state index contributed by atoms with van der Waals surface area (Å²) in [5, 5.41) is 10.9. The van der Waals surface area contributed by atoms with Crippen molar-refractivity contribution < 1.29 is 14.7 Å². The number of aromatic nitrogens is 1. The number of carbonyl (C=O) groups excluding carboxylic acids is 1. The Balaban J connectivity index is 1.38. The first-order valence-corrected chi connectivity index (χ1v) is 13.7. The summed E-state index contributed by atoms with van der Waals surface area (Å²) in [7, 11) is 0. The van der Waals surface area contributed by atoms with Crippen LogP contribution in [0.1, 0.15) is 68.1 Å². The Bertz CT molecular complexity index is 1370. The minimum absolute atomic E-state index is 0.0727. The molecule has 1 aliphatic carbocycles. The third-order valence-electron chi connectivity index (χ3n) is 7.83. The SMILES string of the molecule is CC(C)(C)N(C(=O)O)c1c2c(nc3ccccc13)CCC(=CCC1CCN(Cc3ccccc3)CC1)C2=O. The van der Waals surface area contributed by atoms with Crippen LogP contribution in [0.2, 0.25) is 0 Å². The molecular formula is C32H37N3O3. The van der Waals surface area contributed by atoms with Crippen molar-refractivity contribution in [3.8, 4) is 0 Å². The van der Waals surface area contributed by atoms with Gasteiger partial charge in [-0.2, -0.15) is 0 Å². The van der Waals surface area contributed by atoms with Gasteiger partial charge in [0.15, 0.2) is 5.78 Å². The van der Waals surface area contributed by atoms with E-state index < -0.39 is 11.6 Å². The molecule has 0 atom stereocenters. The number of Topliss-reactive ketones (excluding diaryl/α,β-unsaturated/α-hetero) is 1. The van der Waals surface area contributed by atoms with Crippen molar-refractivity contribution in [2.24, 2.45) is 5.92 Å². The topological polar surface area (TPSA) is 73.7 Å². The quantitative estimate of drug-likeness (QED) is 0.378. The molecule has 1 N–H and O–H groups in total. The number of benzene rings is 2. The molecule has 0 bridgehead atoms. The fraction of sp³-hybridized carbons (Fsp3) is 0.406. The third kappa shape index (κ3) is 5.37. The average Bonchev–Trinajstić information content (AvgIpc) is 2.88. The van der Waals surface area contributed by atoms with Gasteiger partial charge in [0.05, 0.1) is 22.5 Å². The van der Waals surface area contributed by atoms with Crippen LogP contribution < -0.4 is 4.90 Å². The molecule has 6 heteroatoms. The minimum Gasteiger partial charge on any atom is -0.465 e. The van der Waals surface area contributed by atoms with E-state index in [1.54, 1.807) is 0 Å². The van der Waals surface area contributed by atoms with E-state index in [1.165, 1.54) is 10.5 Å². The second-order valence-electron chi connectivity index (χ2n) is 11.6. The van der Waals surface area contributed by atoms with Gasteiger partial charge in [-0.1, -0.05) is 54.6 Å². The molecule has 1 aliphatic heterocycles. The monoisotopic (exact) mass is 511 g/mol. The summed E-state index contributed by atoms with van der Waals surface area (Å²) in [5.41, 5.74) is 3.76. The number of rotatable bonds is 5. The molecule has 1 fully saturated rings. The Labute approximate surface area is 225 Å². The zero-order valence-electron chi connectivity index (χ0n) is 22.6. The lowest BCUT2D eigenvalue weighted by atomic mass is 9.84. The molecule has 1 amide bonds. The Morgan fingerprint density at radius 1 is 1.05 bits per heavy atom. The molecule has 0 radical (unpaired) electrons. The van der Waals surface area contributed by atoms with Crippen molar-refractivity contribution in [1.29, 1.82) is 0 Å². The highest BCUT2D eigenvalue weighted by molar-refractivity contribution is 6.19. The molecule has 1 saturated heterocycles. The van der Waals surface area contributed by atoms with Crippen molar-refractivity contribution in [1.82, 2.24) is 9.88 Å². The van der Waals surface area contributed by atoms with Crippen LogP contribution in [0.25, 0.3) is 10.9 Å². The van der Waals surface area contributed by atoms with Crippen LogP contribution >= 0.6 is 0 Å². The zero-order chi connectivity index (χ0) is 26.9. The number of carboxylic acid groups (broad SMARTS) is 1. The van der Waals surface area contributed by atoms with Gasteiger partial charge in [0.1, 0.15) is 0 Å². The molecule has 198 valence electrons. The van der Waals surface area contributed by atoms with E-state index in [0.717, 1.165) is 50.0 Å². The van der Waals surface area contributed by atoms with Crippen LogP contribution in [0, 0.1) is 5.92 Å². The first kappa shape index (κ1) is 26.1. The second-order valence-corrected chi connectivity index (χ2v) is 11.6. The van der Waals surface area contributed by atoms with Gasteiger partial charge in [-0.15, -0.1) is 0 Å². The maximum absolute atomic E-state index is 13.9. The maximum atomic E-state index is 13.9. The lowest BCUT2D eigenvalue weighted by molar-refractivity contribution is 0.102. The summed E-state index contributed by atoms with van der Waals surface area (Å²) in [4.78, 5) is 35.1. The van der Waals surface area contributed by atoms with Crippen LogP contribution in [0.3, 0.4) is 0 Å². The van der Waals surface area contributed by atoms with Crippen LogP contribution in [0.15, 0.2) is 66.2 Å². The minimum atomic E-state index is -1.07. The van der Waals surface area contributed by atoms with Crippen molar-refractivity contribution in [3.05, 3.63) is 83.1 Å². The van der Waals surface area contributed by atoms with E-state index >= 15 is 0 Å². The number of amides is 1. The number of hydrogen-bond donors (Lipinski definition) is 1. The van der Waals surface area contributed by atoms with E-state index in [4.69, 9.17) is 4.98 Å². The average molecular weight is 512 g/mol. The van der Waals surface area contributed by atoms with Gasteiger partial charge in [-0.25, -0.2) is 4.79 Å². The second kappa shape index (κ2) is 10.7. The Kier molecular flexibility index (Phi) is 7.35. The number of fused-ring (bicyclic) bond motifs is 2. The van der Waals surface area contributed by atoms with Crippen molar-refractivity contribution >= 4 is 28.5 Å². The molecule has 0 spiro atoms. The van der Waals surface area contributed by atoms with Gasteiger partial charge in [0, 0.05) is 17.5 Å². The molecule has 2 aromatic carbocycles. The number of carbonyl (C=O) groups is 2. The van der Waals surface area contributed by atoms with Gasteiger partial charge in [-0.05, 0) is 89.1 Å². The van der Waals surface area contributed by atoms with E-state index in [-0.39, 0.29) is 5.78 Å². The smallest absolute Gasteiger partial charge is 0.412 e. The fourth-order valence-corrected chi connectivity index (χ4v) is 5.87. The van der Waals surface area contributed by atoms with E-state index in [9.17, 15) is 14.7 Å². The summed E-state index contributed by atoms with van der Waals surface area (Å²) in [6.07, 6.45) is 5.47. The first-order valence-electron chi connectivity index (χ1n) is 13.7. The molecule has 3 aromatic rings. The Hall–Kier alpha value is -3.51. The summed E-state index contributed by atoms with van der Waals surface area (Å²) < 4.78 is 0. The Morgan fingerprint density at radius 2 is 1.74 bits per heavy atom. The number of ketones is 1. The molecule has 1 aromatic heterocycles. The first-order chi connectivity index (χ1) is 18.2. The standard InChI is InChI=1S/C32H37N3O3/c1-32(2,3)35(31(37)38)29-25-11-7-8-12-26(25)33-27-16-15-24(30(36)28(27)29)14-13-22-17-19-34(20-18-22)21-23-9-5-4-6-10-23/h4-12,14,22H,13,15-21H2,1-3H3,(H,37,38). The summed E-state index contributed by atoms with van der Waals surface area (Å²) >= 11 is 0. The van der Waals surface area contributed by atoms with Gasteiger partial charge in [-0.3, -0.25) is 19.6 Å². The van der Waals surface area contributed by atoms with Crippen LogP contribution in [0.5, 0.6) is 0 Å². The predicted octanol–water partition coefficient (Wildman–Crippen LogP) is 6.88. The predicted molar refractivity (Wildman–Crippen MR) is 152 cm³/mol. The summed E-state index contributed by atoms with van der Waals surface area (Å²) in [6.45, 7) is 8.70. The molecule has 5 rings (SSSR count). The third-order valence-corrected chi connectivity index (χ3v) is 7.83. The molecule has 0 unspecified atom stereocenters. The molecule has 0 saturated carbocycles. The van der Waals surface area contributed by atoms with E-state index in [2.05, 4.69) is 41.3 Å². The van der Waals surface area contributed by atoms with Crippen LogP contribution in [-0.4, -0.2) is 45.5 Å². The maximum Gasteiger partial charge on any atom is 0.412 e. The number of likely N-dealkylation sites (tertiary alicyclic amines) is 1. The molecule has 2 heterocycles. The van der Waals surface area contributed by atoms with Crippen molar-refractivity contribution in [3.63, 3.8) is 0 Å². The molecule has 6 nitrogen and oxygen atoms in total. The van der Waals surface area contributed by atoms with Gasteiger partial charge >= 0.3 is 6.09 Å². The zero-order valence-corrected chi connectivity index (χ0v) is 22.6. The van der Waals surface area contributed by atoms with Gasteiger partial charge < -0.3 is 5.11 Å². The normalized spacial score (nSPS) is 18.1. The highest BCUT2D eigenvalue weighted by Crippen LogP contribution is 2.40. The Morgan fingerprint density at radius 3 is 2.42 bits per heavy atom.